The van der Waals surface area contributed by atoms with E-state index in [-0.39, 0.29) is 12.8 Å². The molecule has 6 heteroatoms. The van der Waals surface area contributed by atoms with E-state index >= 15 is 0 Å². The lowest BCUT2D eigenvalue weighted by Crippen LogP contribution is -2.42. The van der Waals surface area contributed by atoms with Crippen molar-refractivity contribution in [3.63, 3.8) is 0 Å². The minimum Gasteiger partial charge on any atom is -0.469 e. The Balaban J connectivity index is 2.00. The van der Waals surface area contributed by atoms with Crippen molar-refractivity contribution in [3.05, 3.63) is 60.2 Å². The Labute approximate surface area is 162 Å². The number of amides is 1. The maximum Gasteiger partial charge on any atom is 0.328 e. The van der Waals surface area contributed by atoms with Gasteiger partial charge in [-0.3, -0.25) is 9.59 Å². The molecule has 3 rings (SSSR count). The van der Waals surface area contributed by atoms with Crippen LogP contribution < -0.4 is 5.32 Å². The Morgan fingerprint density at radius 2 is 1.46 bits per heavy atom. The summed E-state index contributed by atoms with van der Waals surface area (Å²) >= 11 is 0. The van der Waals surface area contributed by atoms with Crippen LogP contribution in [-0.2, 0) is 19.1 Å². The minimum absolute atomic E-state index is 0.00711. The predicted molar refractivity (Wildman–Crippen MR) is 106 cm³/mol. The van der Waals surface area contributed by atoms with E-state index < -0.39 is 23.9 Å². The molecule has 0 bridgehead atoms. The first-order valence-corrected chi connectivity index (χ1v) is 8.91. The van der Waals surface area contributed by atoms with Crippen molar-refractivity contribution < 1.29 is 23.9 Å². The van der Waals surface area contributed by atoms with Gasteiger partial charge in [-0.2, -0.15) is 0 Å². The second-order valence-corrected chi connectivity index (χ2v) is 6.36. The molecule has 0 unspecified atom stereocenters. The summed E-state index contributed by atoms with van der Waals surface area (Å²) in [5.74, 6) is -1.46. The highest BCUT2D eigenvalue weighted by atomic mass is 16.5. The number of carbonyl (C=O) groups is 3. The lowest BCUT2D eigenvalue weighted by molar-refractivity contribution is -0.144. The number of methoxy groups -OCH3 is 2. The maximum absolute atomic E-state index is 13.2. The smallest absolute Gasteiger partial charge is 0.328 e. The van der Waals surface area contributed by atoms with Gasteiger partial charge in [-0.25, -0.2) is 4.79 Å². The number of ether oxygens (including phenoxy) is 2. The molecule has 0 fully saturated rings. The van der Waals surface area contributed by atoms with Crippen LogP contribution in [0.2, 0.25) is 0 Å². The minimum atomic E-state index is -0.950. The molecule has 28 heavy (non-hydrogen) atoms. The first-order valence-electron chi connectivity index (χ1n) is 8.91. The van der Waals surface area contributed by atoms with Gasteiger partial charge in [0.25, 0.3) is 5.91 Å². The van der Waals surface area contributed by atoms with E-state index in [1.165, 1.54) is 14.2 Å². The first-order chi connectivity index (χ1) is 13.5. The second-order valence-electron chi connectivity index (χ2n) is 6.36. The van der Waals surface area contributed by atoms with Crippen LogP contribution in [0.15, 0.2) is 54.6 Å². The number of benzene rings is 3. The topological polar surface area (TPSA) is 81.7 Å². The van der Waals surface area contributed by atoms with E-state index in [4.69, 9.17) is 4.74 Å². The summed E-state index contributed by atoms with van der Waals surface area (Å²) in [6, 6.07) is 16.2. The van der Waals surface area contributed by atoms with E-state index in [2.05, 4.69) is 10.1 Å². The molecule has 1 amide bonds. The van der Waals surface area contributed by atoms with E-state index in [9.17, 15) is 14.4 Å². The molecule has 0 aliphatic carbocycles. The molecular weight excluding hydrogens is 358 g/mol. The van der Waals surface area contributed by atoms with Gasteiger partial charge in [0.2, 0.25) is 0 Å². The summed E-state index contributed by atoms with van der Waals surface area (Å²) in [6.45, 7) is 0. The van der Waals surface area contributed by atoms with Crippen LogP contribution >= 0.6 is 0 Å². The maximum atomic E-state index is 13.2. The normalized spacial score (nSPS) is 11.8. The number of esters is 2. The number of hydrogen-bond acceptors (Lipinski definition) is 5. The first kappa shape index (κ1) is 19.4. The fourth-order valence-corrected chi connectivity index (χ4v) is 3.24. The zero-order valence-electron chi connectivity index (χ0n) is 15.7. The Hall–Kier alpha value is -3.41. The fraction of sp³-hybridized carbons (Fsp3) is 0.227. The summed E-state index contributed by atoms with van der Waals surface area (Å²) in [6.07, 6.45) is 0.0839. The van der Waals surface area contributed by atoms with Crippen molar-refractivity contribution in [2.75, 3.05) is 14.2 Å². The number of hydrogen-bond donors (Lipinski definition) is 1. The Bertz CT molecular complexity index is 989. The van der Waals surface area contributed by atoms with Gasteiger partial charge in [-0.05, 0) is 34.0 Å². The third-order valence-corrected chi connectivity index (χ3v) is 4.65. The van der Waals surface area contributed by atoms with E-state index in [0.717, 1.165) is 21.5 Å². The molecular formula is C22H21NO5. The molecule has 3 aromatic rings. The lowest BCUT2D eigenvalue weighted by atomic mass is 9.96. The zero-order valence-corrected chi connectivity index (χ0v) is 15.7. The van der Waals surface area contributed by atoms with Gasteiger partial charge in [-0.15, -0.1) is 0 Å². The molecule has 0 aliphatic rings. The average Bonchev–Trinajstić information content (AvgIpc) is 2.73. The fourth-order valence-electron chi connectivity index (χ4n) is 3.24. The molecule has 0 saturated carbocycles. The largest absolute Gasteiger partial charge is 0.469 e. The van der Waals surface area contributed by atoms with Gasteiger partial charge in [0, 0.05) is 6.42 Å². The van der Waals surface area contributed by atoms with E-state index in [1.807, 2.05) is 54.6 Å². The standard InChI is InChI=1S/C22H21NO5/c1-27-19(24)12-11-18(22(26)28-2)23-21(25)20-16-9-5-3-7-14(16)13-15-8-4-6-10-17(15)20/h3-10,13,18H,11-12H2,1-2H3,(H,23,25)/t18-/m0/s1. The average molecular weight is 379 g/mol. The number of nitrogens with one attached hydrogen (secondary N) is 1. The third kappa shape index (κ3) is 3.96. The molecule has 144 valence electrons. The molecule has 6 nitrogen and oxygen atoms in total. The van der Waals surface area contributed by atoms with Gasteiger partial charge < -0.3 is 14.8 Å². The highest BCUT2D eigenvalue weighted by molar-refractivity contribution is 6.18. The number of rotatable bonds is 6. The van der Waals surface area contributed by atoms with Crippen LogP contribution in [0.4, 0.5) is 0 Å². The monoisotopic (exact) mass is 379 g/mol. The molecule has 0 aliphatic heterocycles. The van der Waals surface area contributed by atoms with Crippen molar-refractivity contribution in [3.8, 4) is 0 Å². The van der Waals surface area contributed by atoms with E-state index in [0.29, 0.717) is 5.56 Å². The second kappa shape index (κ2) is 8.52. The summed E-state index contributed by atoms with van der Waals surface area (Å²) in [4.78, 5) is 36.7. The van der Waals surface area contributed by atoms with Gasteiger partial charge in [0.1, 0.15) is 6.04 Å². The zero-order chi connectivity index (χ0) is 20.1. The summed E-state index contributed by atoms with van der Waals surface area (Å²) in [5, 5.41) is 6.15. The molecule has 3 aromatic carbocycles. The molecule has 0 saturated heterocycles. The van der Waals surface area contributed by atoms with E-state index in [1.54, 1.807) is 0 Å². The van der Waals surface area contributed by atoms with Crippen molar-refractivity contribution in [1.29, 1.82) is 0 Å². The highest BCUT2D eigenvalue weighted by Crippen LogP contribution is 2.28. The molecule has 1 N–H and O–H groups in total. The Morgan fingerprint density at radius 1 is 0.893 bits per heavy atom. The summed E-state index contributed by atoms with van der Waals surface area (Å²) in [7, 11) is 2.52. The Morgan fingerprint density at radius 3 is 2.00 bits per heavy atom. The van der Waals surface area contributed by atoms with Crippen LogP contribution in [0.5, 0.6) is 0 Å². The quantitative estimate of drug-likeness (QED) is 0.525. The van der Waals surface area contributed by atoms with Gasteiger partial charge in [-0.1, -0.05) is 48.5 Å². The highest BCUT2D eigenvalue weighted by Gasteiger charge is 2.25. The van der Waals surface area contributed by atoms with Crippen LogP contribution in [0.25, 0.3) is 21.5 Å². The lowest BCUT2D eigenvalue weighted by Gasteiger charge is -2.18. The van der Waals surface area contributed by atoms with Crippen LogP contribution in [0.3, 0.4) is 0 Å². The third-order valence-electron chi connectivity index (χ3n) is 4.65. The van der Waals surface area contributed by atoms with Gasteiger partial charge in [0.15, 0.2) is 0 Å². The van der Waals surface area contributed by atoms with Crippen molar-refractivity contribution in [2.24, 2.45) is 0 Å². The van der Waals surface area contributed by atoms with Crippen molar-refractivity contribution in [2.45, 2.75) is 18.9 Å². The Kier molecular flexibility index (Phi) is 5.89. The predicted octanol–water partition coefficient (Wildman–Crippen LogP) is 3.22. The molecule has 0 spiro atoms. The summed E-state index contributed by atoms with van der Waals surface area (Å²) in [5.41, 5.74) is 0.487. The van der Waals surface area contributed by atoms with Gasteiger partial charge >= 0.3 is 11.9 Å². The number of carbonyl (C=O) groups excluding carboxylic acids is 3. The van der Waals surface area contributed by atoms with Crippen LogP contribution in [-0.4, -0.2) is 38.1 Å². The molecule has 0 radical (unpaired) electrons. The van der Waals surface area contributed by atoms with Crippen LogP contribution in [0, 0.1) is 0 Å². The molecule has 1 atom stereocenters. The van der Waals surface area contributed by atoms with Gasteiger partial charge in [0.05, 0.1) is 19.8 Å². The summed E-state index contributed by atoms with van der Waals surface area (Å²) < 4.78 is 9.40. The SMILES string of the molecule is COC(=O)CC[C@H](NC(=O)c1c2ccccc2cc2ccccc12)C(=O)OC. The van der Waals surface area contributed by atoms with Crippen molar-refractivity contribution in [1.82, 2.24) is 5.32 Å². The van der Waals surface area contributed by atoms with Crippen molar-refractivity contribution >= 4 is 39.4 Å². The number of fused-ring (bicyclic) bond motifs is 2. The van der Waals surface area contributed by atoms with Crippen LogP contribution in [0.1, 0.15) is 23.2 Å². The molecule has 0 heterocycles. The molecule has 0 aromatic heterocycles.